The zero-order valence-electron chi connectivity index (χ0n) is 5.53. The third-order valence-electron chi connectivity index (χ3n) is 1.62. The van der Waals surface area contributed by atoms with Crippen LogP contribution in [0, 0.1) is 0 Å². The summed E-state index contributed by atoms with van der Waals surface area (Å²) >= 11 is 2.14. The van der Waals surface area contributed by atoms with Gasteiger partial charge in [-0.05, 0) is 6.42 Å². The molecule has 60 valence electrons. The number of alkyl halides is 1. The molecule has 0 aromatic rings. The number of rotatable bonds is 1. The van der Waals surface area contributed by atoms with Gasteiger partial charge < -0.3 is 14.9 Å². The summed E-state index contributed by atoms with van der Waals surface area (Å²) in [6, 6.07) is 0. The molecule has 0 amide bonds. The van der Waals surface area contributed by atoms with Crippen LogP contribution in [-0.4, -0.2) is 33.1 Å². The average Bonchev–Trinajstić information content (AvgIpc) is 1.94. The first-order chi connectivity index (χ1) is 4.74. The summed E-state index contributed by atoms with van der Waals surface area (Å²) in [5.74, 6) is 0. The minimum atomic E-state index is -0.664. The molecule has 0 unspecified atom stereocenters. The van der Waals surface area contributed by atoms with Crippen molar-refractivity contribution in [3.8, 4) is 0 Å². The molecule has 1 aliphatic heterocycles. The quantitative estimate of drug-likeness (QED) is 0.524. The highest BCUT2D eigenvalue weighted by Crippen LogP contribution is 2.19. The molecule has 0 saturated carbocycles. The van der Waals surface area contributed by atoms with E-state index in [1.807, 2.05) is 0 Å². The normalized spacial score (nSPS) is 41.7. The van der Waals surface area contributed by atoms with Crippen molar-refractivity contribution >= 4 is 22.6 Å². The maximum Gasteiger partial charge on any atom is 0.155 e. The summed E-state index contributed by atoms with van der Waals surface area (Å²) in [6.07, 6.45) is -0.0313. The van der Waals surface area contributed by atoms with Gasteiger partial charge >= 0.3 is 0 Å². The lowest BCUT2D eigenvalue weighted by Gasteiger charge is -2.29. The van der Waals surface area contributed by atoms with Crippen molar-refractivity contribution in [2.24, 2.45) is 0 Å². The fourth-order valence-corrected chi connectivity index (χ4v) is 1.79. The molecule has 1 rings (SSSR count). The molecule has 3 nitrogen and oxygen atoms in total. The van der Waals surface area contributed by atoms with Gasteiger partial charge in [0.25, 0.3) is 0 Å². The minimum Gasteiger partial charge on any atom is -0.390 e. The van der Waals surface area contributed by atoms with E-state index in [4.69, 9.17) is 9.84 Å². The zero-order valence-corrected chi connectivity index (χ0v) is 7.69. The Hall–Kier alpha value is 0.610. The Balaban J connectivity index is 2.38. The standard InChI is InChI=1S/C6H11IO3/c7-3-5-4(8)1-2-6(9)10-5/h4-6,8-9H,1-3H2/t4-,5+,6-/m0/s1. The highest BCUT2D eigenvalue weighted by atomic mass is 127. The highest BCUT2D eigenvalue weighted by Gasteiger charge is 2.27. The lowest BCUT2D eigenvalue weighted by Crippen LogP contribution is -2.39. The monoisotopic (exact) mass is 258 g/mol. The Bertz CT molecular complexity index is 109. The van der Waals surface area contributed by atoms with E-state index in [1.54, 1.807) is 0 Å². The zero-order chi connectivity index (χ0) is 7.56. The van der Waals surface area contributed by atoms with Gasteiger partial charge in [0.1, 0.15) is 0 Å². The Morgan fingerprint density at radius 2 is 2.10 bits per heavy atom. The molecule has 1 saturated heterocycles. The number of hydrogen-bond donors (Lipinski definition) is 2. The molecule has 1 heterocycles. The van der Waals surface area contributed by atoms with Crippen molar-refractivity contribution in [3.63, 3.8) is 0 Å². The summed E-state index contributed by atoms with van der Waals surface area (Å²) in [4.78, 5) is 0. The highest BCUT2D eigenvalue weighted by molar-refractivity contribution is 14.1. The summed E-state index contributed by atoms with van der Waals surface area (Å²) < 4.78 is 5.78. The van der Waals surface area contributed by atoms with Crippen LogP contribution in [0.4, 0.5) is 0 Å². The van der Waals surface area contributed by atoms with Crippen molar-refractivity contribution in [2.45, 2.75) is 31.3 Å². The van der Waals surface area contributed by atoms with Crippen molar-refractivity contribution in [3.05, 3.63) is 0 Å². The predicted molar refractivity (Wildman–Crippen MR) is 45.0 cm³/mol. The van der Waals surface area contributed by atoms with Crippen LogP contribution in [0.5, 0.6) is 0 Å². The molecule has 0 radical (unpaired) electrons. The molecule has 0 spiro atoms. The van der Waals surface area contributed by atoms with E-state index in [-0.39, 0.29) is 12.2 Å². The molecule has 0 bridgehead atoms. The molecule has 10 heavy (non-hydrogen) atoms. The van der Waals surface area contributed by atoms with Crippen LogP contribution >= 0.6 is 22.6 Å². The molecule has 0 aromatic carbocycles. The van der Waals surface area contributed by atoms with E-state index in [2.05, 4.69) is 22.6 Å². The molecule has 3 atom stereocenters. The van der Waals surface area contributed by atoms with Gasteiger partial charge in [0.2, 0.25) is 0 Å². The van der Waals surface area contributed by atoms with Gasteiger partial charge in [-0.3, -0.25) is 0 Å². The van der Waals surface area contributed by atoms with Gasteiger partial charge in [0, 0.05) is 10.8 Å². The van der Waals surface area contributed by atoms with Crippen molar-refractivity contribution in [2.75, 3.05) is 4.43 Å². The van der Waals surface area contributed by atoms with E-state index < -0.39 is 6.29 Å². The summed E-state index contributed by atoms with van der Waals surface area (Å²) in [5, 5.41) is 18.2. The molecule has 4 heteroatoms. The largest absolute Gasteiger partial charge is 0.390 e. The topological polar surface area (TPSA) is 49.7 Å². The second kappa shape index (κ2) is 3.85. The Morgan fingerprint density at radius 3 is 2.60 bits per heavy atom. The SMILES string of the molecule is O[C@@H]1CC[C@H](O)[C@@H](CI)O1. The predicted octanol–water partition coefficient (Wildman–Crippen LogP) is 0.280. The Morgan fingerprint density at radius 1 is 1.40 bits per heavy atom. The molecule has 0 aromatic heterocycles. The second-order valence-corrected chi connectivity index (χ2v) is 3.31. The summed E-state index contributed by atoms with van der Waals surface area (Å²) in [6.45, 7) is 0. The van der Waals surface area contributed by atoms with E-state index in [0.717, 1.165) is 4.43 Å². The van der Waals surface area contributed by atoms with Crippen LogP contribution in [0.15, 0.2) is 0 Å². The third-order valence-corrected chi connectivity index (χ3v) is 2.49. The van der Waals surface area contributed by atoms with Crippen LogP contribution < -0.4 is 0 Å². The molecule has 1 fully saturated rings. The first kappa shape index (κ1) is 8.70. The summed E-state index contributed by atoms with van der Waals surface area (Å²) in [7, 11) is 0. The number of aliphatic hydroxyl groups is 2. The summed E-state index contributed by atoms with van der Waals surface area (Å²) in [5.41, 5.74) is 0. The van der Waals surface area contributed by atoms with Crippen LogP contribution in [0.3, 0.4) is 0 Å². The smallest absolute Gasteiger partial charge is 0.155 e. The van der Waals surface area contributed by atoms with Gasteiger partial charge in [0.05, 0.1) is 12.2 Å². The van der Waals surface area contributed by atoms with Gasteiger partial charge in [0.15, 0.2) is 6.29 Å². The maximum atomic E-state index is 9.25. The third kappa shape index (κ3) is 2.05. The molecular formula is C6H11IO3. The number of halogens is 1. The Kier molecular flexibility index (Phi) is 3.35. The van der Waals surface area contributed by atoms with Gasteiger partial charge in [-0.1, -0.05) is 22.6 Å². The molecule has 1 aliphatic rings. The van der Waals surface area contributed by atoms with Crippen molar-refractivity contribution in [1.29, 1.82) is 0 Å². The average molecular weight is 258 g/mol. The Labute approximate surface area is 73.5 Å². The fourth-order valence-electron chi connectivity index (χ4n) is 0.999. The van der Waals surface area contributed by atoms with Crippen LogP contribution in [0.25, 0.3) is 0 Å². The van der Waals surface area contributed by atoms with Gasteiger partial charge in [-0.2, -0.15) is 0 Å². The molecular weight excluding hydrogens is 247 g/mol. The van der Waals surface area contributed by atoms with Crippen molar-refractivity contribution < 1.29 is 14.9 Å². The van der Waals surface area contributed by atoms with Crippen LogP contribution in [0.2, 0.25) is 0 Å². The van der Waals surface area contributed by atoms with Gasteiger partial charge in [-0.15, -0.1) is 0 Å². The van der Waals surface area contributed by atoms with E-state index in [0.29, 0.717) is 12.8 Å². The van der Waals surface area contributed by atoms with Crippen LogP contribution in [0.1, 0.15) is 12.8 Å². The molecule has 2 N–H and O–H groups in total. The number of hydrogen-bond acceptors (Lipinski definition) is 3. The molecule has 0 aliphatic carbocycles. The maximum absolute atomic E-state index is 9.25. The fraction of sp³-hybridized carbons (Fsp3) is 1.00. The van der Waals surface area contributed by atoms with Gasteiger partial charge in [-0.25, -0.2) is 0 Å². The van der Waals surface area contributed by atoms with Crippen LogP contribution in [-0.2, 0) is 4.74 Å². The first-order valence-electron chi connectivity index (χ1n) is 3.31. The van der Waals surface area contributed by atoms with E-state index >= 15 is 0 Å². The van der Waals surface area contributed by atoms with Crippen molar-refractivity contribution in [1.82, 2.24) is 0 Å². The van der Waals surface area contributed by atoms with E-state index in [1.165, 1.54) is 0 Å². The number of aliphatic hydroxyl groups excluding tert-OH is 2. The minimum absolute atomic E-state index is 0.177. The second-order valence-electron chi connectivity index (χ2n) is 2.43. The van der Waals surface area contributed by atoms with E-state index in [9.17, 15) is 5.11 Å². The number of ether oxygens (including phenoxy) is 1. The first-order valence-corrected chi connectivity index (χ1v) is 4.84. The lowest BCUT2D eigenvalue weighted by atomic mass is 10.1. The lowest BCUT2D eigenvalue weighted by molar-refractivity contribution is -0.190.